The third-order valence-electron chi connectivity index (χ3n) is 4.70. The molecule has 29 heavy (non-hydrogen) atoms. The zero-order valence-electron chi connectivity index (χ0n) is 16.0. The number of carbonyl (C=O) groups is 1. The molecule has 1 aliphatic heterocycles. The molecule has 1 N–H and O–H groups in total. The molecule has 1 fully saturated rings. The average Bonchev–Trinajstić information content (AvgIpc) is 3.10. The summed E-state index contributed by atoms with van der Waals surface area (Å²) in [5.41, 5.74) is 2.33. The van der Waals surface area contributed by atoms with E-state index in [2.05, 4.69) is 34.1 Å². The summed E-state index contributed by atoms with van der Waals surface area (Å²) in [4.78, 5) is 27.1. The standard InChI is InChI=1S/C21H20ClN5O2/c1-13(2)18-12-29-21(28)27(18)19-10-14(6-8-23-19)17-7-9-24-20(26-17)25-16-5-3-4-15(22)11-16/h3-11,13,18H,12H2,1-2H3,(H,24,25,26). The molecular formula is C21H20ClN5O2. The highest BCUT2D eigenvalue weighted by Crippen LogP contribution is 2.29. The maximum absolute atomic E-state index is 12.2. The van der Waals surface area contributed by atoms with Crippen molar-refractivity contribution in [2.24, 2.45) is 5.92 Å². The number of rotatable bonds is 5. The predicted molar refractivity (Wildman–Crippen MR) is 112 cm³/mol. The van der Waals surface area contributed by atoms with Gasteiger partial charge in [0.1, 0.15) is 12.4 Å². The second-order valence-electron chi connectivity index (χ2n) is 7.06. The van der Waals surface area contributed by atoms with Gasteiger partial charge in [-0.2, -0.15) is 0 Å². The third kappa shape index (κ3) is 4.14. The molecule has 4 rings (SSSR count). The van der Waals surface area contributed by atoms with Crippen LogP contribution in [-0.2, 0) is 4.74 Å². The molecule has 3 aromatic rings. The Hall–Kier alpha value is -3.19. The molecular weight excluding hydrogens is 390 g/mol. The summed E-state index contributed by atoms with van der Waals surface area (Å²) in [5, 5.41) is 3.77. The summed E-state index contributed by atoms with van der Waals surface area (Å²) in [5.74, 6) is 1.25. The van der Waals surface area contributed by atoms with E-state index in [1.165, 1.54) is 0 Å². The van der Waals surface area contributed by atoms with Crippen molar-refractivity contribution in [3.8, 4) is 11.3 Å². The highest BCUT2D eigenvalue weighted by Gasteiger charge is 2.37. The minimum atomic E-state index is -0.376. The lowest BCUT2D eigenvalue weighted by Crippen LogP contribution is -2.37. The molecule has 148 valence electrons. The van der Waals surface area contributed by atoms with Crippen LogP contribution >= 0.6 is 11.6 Å². The van der Waals surface area contributed by atoms with Gasteiger partial charge in [0.05, 0.1) is 11.7 Å². The lowest BCUT2D eigenvalue weighted by Gasteiger charge is -2.23. The molecule has 1 aromatic carbocycles. The molecule has 8 heteroatoms. The van der Waals surface area contributed by atoms with Gasteiger partial charge in [0, 0.05) is 28.7 Å². The average molecular weight is 410 g/mol. The van der Waals surface area contributed by atoms with Crippen LogP contribution in [0.5, 0.6) is 0 Å². The van der Waals surface area contributed by atoms with Crippen LogP contribution in [0.2, 0.25) is 5.02 Å². The van der Waals surface area contributed by atoms with Crippen molar-refractivity contribution in [1.29, 1.82) is 0 Å². The first-order chi connectivity index (χ1) is 14.0. The first-order valence-electron chi connectivity index (χ1n) is 9.29. The summed E-state index contributed by atoms with van der Waals surface area (Å²) < 4.78 is 5.24. The maximum atomic E-state index is 12.2. The number of hydrogen-bond acceptors (Lipinski definition) is 6. The zero-order valence-corrected chi connectivity index (χ0v) is 16.8. The number of benzene rings is 1. The fourth-order valence-electron chi connectivity index (χ4n) is 3.17. The van der Waals surface area contributed by atoms with Gasteiger partial charge in [0.2, 0.25) is 5.95 Å². The molecule has 2 aromatic heterocycles. The predicted octanol–water partition coefficient (Wildman–Crippen LogP) is 4.92. The monoisotopic (exact) mass is 409 g/mol. The molecule has 0 aliphatic carbocycles. The molecule has 0 spiro atoms. The summed E-state index contributed by atoms with van der Waals surface area (Å²) in [6.45, 7) is 4.48. The number of nitrogens with one attached hydrogen (secondary N) is 1. The van der Waals surface area contributed by atoms with Crippen molar-refractivity contribution in [3.63, 3.8) is 0 Å². The first-order valence-corrected chi connectivity index (χ1v) is 9.67. The zero-order chi connectivity index (χ0) is 20.4. The second kappa shape index (κ2) is 8.05. The molecule has 0 radical (unpaired) electrons. The molecule has 1 atom stereocenters. The second-order valence-corrected chi connectivity index (χ2v) is 7.50. The lowest BCUT2D eigenvalue weighted by molar-refractivity contribution is 0.177. The third-order valence-corrected chi connectivity index (χ3v) is 4.93. The first kappa shape index (κ1) is 19.1. The van der Waals surface area contributed by atoms with Gasteiger partial charge in [-0.25, -0.2) is 19.7 Å². The number of amides is 1. The fourth-order valence-corrected chi connectivity index (χ4v) is 3.36. The Balaban J connectivity index is 1.62. The molecule has 3 heterocycles. The van der Waals surface area contributed by atoms with Gasteiger partial charge in [-0.05, 0) is 42.3 Å². The normalized spacial score (nSPS) is 16.2. The van der Waals surface area contributed by atoms with Crippen LogP contribution in [0.25, 0.3) is 11.3 Å². The van der Waals surface area contributed by atoms with Gasteiger partial charge >= 0.3 is 6.09 Å². The van der Waals surface area contributed by atoms with Gasteiger partial charge in [-0.1, -0.05) is 31.5 Å². The number of anilines is 3. The largest absolute Gasteiger partial charge is 0.447 e. The van der Waals surface area contributed by atoms with Gasteiger partial charge in [-0.15, -0.1) is 0 Å². The number of cyclic esters (lactones) is 1. The van der Waals surface area contributed by atoms with Crippen molar-refractivity contribution in [3.05, 3.63) is 59.9 Å². The topological polar surface area (TPSA) is 80.2 Å². The Morgan fingerprint density at radius 2 is 2.00 bits per heavy atom. The summed E-state index contributed by atoms with van der Waals surface area (Å²) in [6.07, 6.45) is 2.97. The minimum absolute atomic E-state index is 0.0456. The van der Waals surface area contributed by atoms with Gasteiger partial charge in [0.25, 0.3) is 0 Å². The van der Waals surface area contributed by atoms with Crippen molar-refractivity contribution >= 4 is 35.1 Å². The van der Waals surface area contributed by atoms with Gasteiger partial charge in [0.15, 0.2) is 0 Å². The van der Waals surface area contributed by atoms with E-state index in [-0.39, 0.29) is 18.1 Å². The van der Waals surface area contributed by atoms with Crippen LogP contribution in [0.3, 0.4) is 0 Å². The highest BCUT2D eigenvalue weighted by atomic mass is 35.5. The molecule has 1 aliphatic rings. The van der Waals surface area contributed by atoms with E-state index in [4.69, 9.17) is 16.3 Å². The van der Waals surface area contributed by atoms with Crippen molar-refractivity contribution in [2.45, 2.75) is 19.9 Å². The van der Waals surface area contributed by atoms with E-state index in [9.17, 15) is 4.79 Å². The Morgan fingerprint density at radius 3 is 2.79 bits per heavy atom. The molecule has 0 bridgehead atoms. The Morgan fingerprint density at radius 1 is 1.17 bits per heavy atom. The van der Waals surface area contributed by atoms with E-state index >= 15 is 0 Å². The van der Waals surface area contributed by atoms with E-state index in [0.717, 1.165) is 11.3 Å². The summed E-state index contributed by atoms with van der Waals surface area (Å²) >= 11 is 6.03. The SMILES string of the molecule is CC(C)C1COC(=O)N1c1cc(-c2ccnc(Nc3cccc(Cl)c3)n2)ccn1. The van der Waals surface area contributed by atoms with E-state index < -0.39 is 0 Å². The van der Waals surface area contributed by atoms with Crippen LogP contribution in [-0.4, -0.2) is 33.7 Å². The molecule has 0 saturated carbocycles. The molecule has 1 amide bonds. The Kier molecular flexibility index (Phi) is 5.31. The van der Waals surface area contributed by atoms with Gasteiger partial charge in [-0.3, -0.25) is 4.90 Å². The number of nitrogens with zero attached hydrogens (tertiary/aromatic N) is 4. The van der Waals surface area contributed by atoms with Crippen LogP contribution in [0, 0.1) is 5.92 Å². The maximum Gasteiger partial charge on any atom is 0.415 e. The van der Waals surface area contributed by atoms with Crippen molar-refractivity contribution in [2.75, 3.05) is 16.8 Å². The van der Waals surface area contributed by atoms with Crippen LogP contribution in [0.15, 0.2) is 54.9 Å². The molecule has 1 saturated heterocycles. The van der Waals surface area contributed by atoms with Crippen LogP contribution in [0.4, 0.5) is 22.2 Å². The lowest BCUT2D eigenvalue weighted by atomic mass is 10.0. The van der Waals surface area contributed by atoms with E-state index in [1.54, 1.807) is 29.4 Å². The number of hydrogen-bond donors (Lipinski definition) is 1. The number of halogens is 1. The highest BCUT2D eigenvalue weighted by molar-refractivity contribution is 6.30. The molecule has 7 nitrogen and oxygen atoms in total. The quantitative estimate of drug-likeness (QED) is 0.644. The van der Waals surface area contributed by atoms with E-state index in [0.29, 0.717) is 29.1 Å². The summed E-state index contributed by atoms with van der Waals surface area (Å²) in [6, 6.07) is 12.8. The van der Waals surface area contributed by atoms with Crippen molar-refractivity contribution in [1.82, 2.24) is 15.0 Å². The van der Waals surface area contributed by atoms with Crippen LogP contribution < -0.4 is 10.2 Å². The van der Waals surface area contributed by atoms with E-state index in [1.807, 2.05) is 30.3 Å². The van der Waals surface area contributed by atoms with Gasteiger partial charge < -0.3 is 10.1 Å². The minimum Gasteiger partial charge on any atom is -0.447 e. The summed E-state index contributed by atoms with van der Waals surface area (Å²) in [7, 11) is 0. The van der Waals surface area contributed by atoms with Crippen molar-refractivity contribution < 1.29 is 9.53 Å². The Labute approximate surface area is 173 Å². The smallest absolute Gasteiger partial charge is 0.415 e. The number of pyridine rings is 1. The number of carbonyl (C=O) groups excluding carboxylic acids is 1. The number of ether oxygens (including phenoxy) is 1. The van der Waals surface area contributed by atoms with Crippen LogP contribution in [0.1, 0.15) is 13.8 Å². The Bertz CT molecular complexity index is 1040. The molecule has 1 unspecified atom stereocenters. The fraction of sp³-hybridized carbons (Fsp3) is 0.238. The number of aromatic nitrogens is 3.